The number of hydrogen-bond donors (Lipinski definition) is 0. The zero-order valence-corrected chi connectivity index (χ0v) is 4.71. The number of aromatic nitrogens is 1. The molecule has 48 valence electrons. The minimum Gasteiger partial charge on any atom is -0.358 e. The minimum atomic E-state index is -0.765. The predicted octanol–water partition coefficient (Wildman–Crippen LogP) is 0.933. The summed E-state index contributed by atoms with van der Waals surface area (Å²) in [6.07, 6.45) is -0.313. The van der Waals surface area contributed by atoms with Crippen molar-refractivity contribution in [1.29, 1.82) is 0 Å². The van der Waals surface area contributed by atoms with Gasteiger partial charge >= 0.3 is 5.82 Å². The fraction of sp³-hybridized carbons (Fsp3) is 0.200. The predicted molar refractivity (Wildman–Crippen MR) is 32.1 cm³/mol. The molecule has 0 spiro atoms. The van der Waals surface area contributed by atoms with E-state index in [9.17, 15) is 10.1 Å². The molecule has 0 radical (unpaired) electrons. The largest absolute Gasteiger partial charge is 0.358 e. The van der Waals surface area contributed by atoms with E-state index in [1.165, 1.54) is 7.05 Å². The highest BCUT2D eigenvalue weighted by Gasteiger charge is 2.04. The average Bonchev–Trinajstić information content (AvgIpc) is 2.16. The lowest BCUT2D eigenvalue weighted by Gasteiger charge is -1.91. The van der Waals surface area contributed by atoms with Crippen molar-refractivity contribution < 1.29 is 9.04 Å². The van der Waals surface area contributed by atoms with Crippen LogP contribution < -0.4 is 0 Å². The highest BCUT2D eigenvalue weighted by Crippen LogP contribution is 2.07. The summed E-state index contributed by atoms with van der Waals surface area (Å²) in [5.74, 6) is -0.509. The van der Waals surface area contributed by atoms with Crippen LogP contribution in [-0.4, -0.2) is 9.49 Å². The third-order valence-corrected chi connectivity index (χ3v) is 0.889. The van der Waals surface area contributed by atoms with E-state index in [-0.39, 0.29) is 6.17 Å². The Morgan fingerprint density at radius 3 is 2.89 bits per heavy atom. The van der Waals surface area contributed by atoms with Crippen LogP contribution in [0.3, 0.4) is 0 Å². The van der Waals surface area contributed by atoms with Crippen LogP contribution in [0, 0.1) is 10.1 Å². The summed E-state index contributed by atoms with van der Waals surface area (Å²) in [7, 11) is 1.29. The molecule has 0 amide bonds. The van der Waals surface area contributed by atoms with Gasteiger partial charge in [-0.1, -0.05) is 0 Å². The Morgan fingerprint density at radius 1 is 2.00 bits per heavy atom. The Kier molecular flexibility index (Phi) is 0.631. The third kappa shape index (κ3) is 0.910. The monoisotopic (exact) mass is 129 g/mol. The molecule has 0 aliphatic heterocycles. The molecule has 0 aliphatic rings. The van der Waals surface area contributed by atoms with Gasteiger partial charge in [0.15, 0.2) is 0 Å². The van der Waals surface area contributed by atoms with Crippen LogP contribution in [0.2, 0.25) is 0 Å². The maximum atomic E-state index is 10.3. The highest BCUT2D eigenvalue weighted by atomic mass is 16.6. The first kappa shape index (κ1) is 3.00. The van der Waals surface area contributed by atoms with Crippen molar-refractivity contribution in [2.75, 3.05) is 0 Å². The van der Waals surface area contributed by atoms with Crippen molar-refractivity contribution in [2.24, 2.45) is 7.05 Å². The van der Waals surface area contributed by atoms with E-state index in [0.717, 1.165) is 4.57 Å². The maximum absolute atomic E-state index is 10.3. The van der Waals surface area contributed by atoms with E-state index < -0.39 is 22.8 Å². The number of hydrogen-bond acceptors (Lipinski definition) is 2. The summed E-state index contributed by atoms with van der Waals surface area (Å²) in [5.41, 5.74) is 0. The van der Waals surface area contributed by atoms with Gasteiger partial charge in [0.2, 0.25) is 0 Å². The van der Waals surface area contributed by atoms with E-state index in [2.05, 4.69) is 0 Å². The topological polar surface area (TPSA) is 48.1 Å². The van der Waals surface area contributed by atoms with Gasteiger partial charge < -0.3 is 10.1 Å². The molecule has 1 aromatic heterocycles. The smallest absolute Gasteiger partial charge is 0.322 e. The normalized spacial score (nSPS) is 14.1. The van der Waals surface area contributed by atoms with Crippen LogP contribution in [0.4, 0.5) is 5.82 Å². The summed E-state index contributed by atoms with van der Waals surface area (Å²) in [6, 6.07) is -0.920. The second-order valence-corrected chi connectivity index (χ2v) is 1.50. The second kappa shape index (κ2) is 1.89. The van der Waals surface area contributed by atoms with Crippen molar-refractivity contribution in [1.82, 2.24) is 4.57 Å². The molecule has 0 fully saturated rings. The van der Waals surface area contributed by atoms with Crippen LogP contribution in [0.25, 0.3) is 0 Å². The van der Waals surface area contributed by atoms with E-state index >= 15 is 0 Å². The quantitative estimate of drug-likeness (QED) is 0.418. The molecular formula is C5H6N2O2. The first-order valence-corrected chi connectivity index (χ1v) is 2.23. The van der Waals surface area contributed by atoms with Crippen LogP contribution in [0.5, 0.6) is 0 Å². The van der Waals surface area contributed by atoms with Crippen molar-refractivity contribution in [3.05, 3.63) is 28.4 Å². The molecule has 0 saturated carbocycles. The van der Waals surface area contributed by atoms with E-state index in [4.69, 9.17) is 4.11 Å². The molecular weight excluding hydrogens is 120 g/mol. The van der Waals surface area contributed by atoms with Crippen LogP contribution in [0.15, 0.2) is 18.3 Å². The molecule has 1 heterocycles. The fourth-order valence-corrected chi connectivity index (χ4v) is 0.473. The lowest BCUT2D eigenvalue weighted by Crippen LogP contribution is -1.94. The summed E-state index contributed by atoms with van der Waals surface area (Å²) < 4.78 is 22.3. The van der Waals surface area contributed by atoms with Gasteiger partial charge in [-0.15, -0.1) is 0 Å². The first-order chi connectivity index (χ1) is 5.46. The molecule has 4 heteroatoms. The molecule has 0 aliphatic carbocycles. The van der Waals surface area contributed by atoms with Crippen molar-refractivity contribution in [3.63, 3.8) is 0 Å². The zero-order valence-electron chi connectivity index (χ0n) is 7.71. The molecule has 0 saturated heterocycles. The molecule has 0 unspecified atom stereocenters. The molecule has 0 N–H and O–H groups in total. The number of nitrogens with zero attached hydrogens (tertiary/aromatic N) is 2. The summed E-state index contributed by atoms with van der Waals surface area (Å²) in [4.78, 5) is 9.54. The lowest BCUT2D eigenvalue weighted by atomic mass is 10.6. The van der Waals surface area contributed by atoms with Gasteiger partial charge in [0.1, 0.15) is 1.37 Å². The molecule has 0 bridgehead atoms. The Morgan fingerprint density at radius 2 is 2.67 bits per heavy atom. The Hall–Kier alpha value is -1.32. The molecule has 4 nitrogen and oxygen atoms in total. The maximum Gasteiger partial charge on any atom is 0.322 e. The second-order valence-electron chi connectivity index (χ2n) is 1.50. The van der Waals surface area contributed by atoms with Crippen LogP contribution >= 0.6 is 0 Å². The summed E-state index contributed by atoms with van der Waals surface area (Å²) in [6.45, 7) is 0. The molecule has 9 heavy (non-hydrogen) atoms. The van der Waals surface area contributed by atoms with Gasteiger partial charge in [-0.25, -0.2) is 4.57 Å². The summed E-state index contributed by atoms with van der Waals surface area (Å²) >= 11 is 0. The van der Waals surface area contributed by atoms with Crippen LogP contribution in [-0.2, 0) is 7.05 Å². The van der Waals surface area contributed by atoms with E-state index in [0.29, 0.717) is 0 Å². The Labute approximate surface area is 56.1 Å². The average molecular weight is 129 g/mol. The highest BCUT2D eigenvalue weighted by molar-refractivity contribution is 5.20. The molecule has 0 atom stereocenters. The van der Waals surface area contributed by atoms with Crippen molar-refractivity contribution in [3.8, 4) is 0 Å². The fourth-order valence-electron chi connectivity index (χ4n) is 0.473. The van der Waals surface area contributed by atoms with E-state index in [1.54, 1.807) is 0 Å². The van der Waals surface area contributed by atoms with E-state index in [1.807, 2.05) is 0 Å². The lowest BCUT2D eigenvalue weighted by molar-refractivity contribution is -0.391. The Balaban J connectivity index is 3.48. The van der Waals surface area contributed by atoms with Crippen LogP contribution in [0.1, 0.15) is 4.11 Å². The third-order valence-electron chi connectivity index (χ3n) is 0.889. The van der Waals surface area contributed by atoms with Gasteiger partial charge in [0.05, 0.1) is 16.0 Å². The van der Waals surface area contributed by atoms with Gasteiger partial charge in [0.25, 0.3) is 0 Å². The van der Waals surface area contributed by atoms with Crippen molar-refractivity contribution >= 4 is 5.82 Å². The van der Waals surface area contributed by atoms with Gasteiger partial charge in [0, 0.05) is 6.04 Å². The minimum absolute atomic E-state index is 0.313. The van der Waals surface area contributed by atoms with Gasteiger partial charge in [-0.2, -0.15) is 0 Å². The number of rotatable bonds is 1. The molecule has 0 aromatic carbocycles. The van der Waals surface area contributed by atoms with Gasteiger partial charge in [-0.3, -0.25) is 0 Å². The summed E-state index contributed by atoms with van der Waals surface area (Å²) in [5, 5.41) is 10.3. The van der Waals surface area contributed by atoms with Crippen molar-refractivity contribution in [2.45, 2.75) is 0 Å². The van der Waals surface area contributed by atoms with Gasteiger partial charge in [-0.05, 0) is 11.0 Å². The zero-order chi connectivity index (χ0) is 9.46. The Bertz CT molecular complexity index is 321. The first-order valence-electron chi connectivity index (χ1n) is 3.73. The number of nitro groups is 1. The molecule has 1 rings (SSSR count). The standard InChI is InChI=1S/C5H6N2O2/c1-6-4-2-3-5(6)7(8)9/h2-4H,1H3/i2D,3D,4D. The molecule has 1 aromatic rings. The SMILES string of the molecule is [2H]c1c([2H])c([N+](=O)[O-])n(C)c1[2H].